The highest BCUT2D eigenvalue weighted by molar-refractivity contribution is 7.09. The van der Waals surface area contributed by atoms with E-state index in [-0.39, 0.29) is 0 Å². The molecule has 20 heavy (non-hydrogen) atoms. The van der Waals surface area contributed by atoms with Gasteiger partial charge in [-0.05, 0) is 32.2 Å². The van der Waals surface area contributed by atoms with Crippen molar-refractivity contribution in [3.05, 3.63) is 16.1 Å². The lowest BCUT2D eigenvalue weighted by Gasteiger charge is -2.39. The van der Waals surface area contributed by atoms with Crippen LogP contribution < -0.4 is 0 Å². The average Bonchev–Trinajstić information content (AvgIpc) is 2.87. The van der Waals surface area contributed by atoms with Crippen molar-refractivity contribution < 1.29 is 9.90 Å². The van der Waals surface area contributed by atoms with Crippen molar-refractivity contribution in [2.45, 2.75) is 52.5 Å². The van der Waals surface area contributed by atoms with Gasteiger partial charge in [-0.3, -0.25) is 9.69 Å². The van der Waals surface area contributed by atoms with Gasteiger partial charge in [-0.2, -0.15) is 0 Å². The van der Waals surface area contributed by atoms with Crippen molar-refractivity contribution in [3.63, 3.8) is 0 Å². The SMILES string of the molecule is CCC[C@]1(C(=O)O)CCCN(Cc2csc(CC)n2)C1. The summed E-state index contributed by atoms with van der Waals surface area (Å²) in [6.07, 6.45) is 4.45. The second kappa shape index (κ2) is 6.68. The van der Waals surface area contributed by atoms with Crippen LogP contribution in [0.3, 0.4) is 0 Å². The van der Waals surface area contributed by atoms with Crippen LogP contribution >= 0.6 is 11.3 Å². The number of piperidine rings is 1. The second-order valence-corrected chi connectivity index (χ2v) is 6.68. The minimum absolute atomic E-state index is 0.545. The maximum Gasteiger partial charge on any atom is 0.310 e. The first kappa shape index (κ1) is 15.4. The molecule has 0 bridgehead atoms. The highest BCUT2D eigenvalue weighted by Crippen LogP contribution is 2.35. The van der Waals surface area contributed by atoms with E-state index in [1.165, 1.54) is 0 Å². The van der Waals surface area contributed by atoms with Crippen molar-refractivity contribution in [1.82, 2.24) is 9.88 Å². The van der Waals surface area contributed by atoms with E-state index in [9.17, 15) is 9.90 Å². The molecule has 1 aliphatic rings. The number of rotatable bonds is 6. The molecule has 0 aliphatic carbocycles. The smallest absolute Gasteiger partial charge is 0.310 e. The van der Waals surface area contributed by atoms with Gasteiger partial charge in [0.25, 0.3) is 0 Å². The summed E-state index contributed by atoms with van der Waals surface area (Å²) in [6.45, 7) is 6.61. The third-order valence-corrected chi connectivity index (χ3v) is 5.17. The molecule has 112 valence electrons. The number of carboxylic acids is 1. The molecule has 1 aromatic rings. The third kappa shape index (κ3) is 3.38. The summed E-state index contributed by atoms with van der Waals surface area (Å²) < 4.78 is 0. The van der Waals surface area contributed by atoms with Crippen LogP contribution in [0.2, 0.25) is 0 Å². The molecule has 1 fully saturated rings. The molecule has 0 amide bonds. The van der Waals surface area contributed by atoms with Gasteiger partial charge >= 0.3 is 5.97 Å². The molecular weight excluding hydrogens is 272 g/mol. The number of nitrogens with zero attached hydrogens (tertiary/aromatic N) is 2. The van der Waals surface area contributed by atoms with Crippen LogP contribution in [0.5, 0.6) is 0 Å². The fourth-order valence-corrected chi connectivity index (χ4v) is 3.88. The summed E-state index contributed by atoms with van der Waals surface area (Å²) in [5.74, 6) is -0.628. The summed E-state index contributed by atoms with van der Waals surface area (Å²) in [5.41, 5.74) is 0.543. The fraction of sp³-hybridized carbons (Fsp3) is 0.733. The molecule has 1 aromatic heterocycles. The first-order valence-electron chi connectivity index (χ1n) is 7.48. The lowest BCUT2D eigenvalue weighted by molar-refractivity contribution is -0.153. The lowest BCUT2D eigenvalue weighted by Crippen LogP contribution is -2.47. The fourth-order valence-electron chi connectivity index (χ4n) is 3.14. The van der Waals surface area contributed by atoms with E-state index < -0.39 is 11.4 Å². The number of aliphatic carboxylic acids is 1. The molecular formula is C15H24N2O2S. The molecule has 1 saturated heterocycles. The minimum Gasteiger partial charge on any atom is -0.481 e. The Morgan fingerprint density at radius 1 is 1.55 bits per heavy atom. The zero-order valence-electron chi connectivity index (χ0n) is 12.4. The van der Waals surface area contributed by atoms with Gasteiger partial charge in [-0.1, -0.05) is 20.3 Å². The Balaban J connectivity index is 2.03. The highest BCUT2D eigenvalue weighted by atomic mass is 32.1. The largest absolute Gasteiger partial charge is 0.481 e. The first-order valence-corrected chi connectivity index (χ1v) is 8.36. The summed E-state index contributed by atoms with van der Waals surface area (Å²) in [6, 6.07) is 0. The quantitative estimate of drug-likeness (QED) is 0.876. The van der Waals surface area contributed by atoms with Gasteiger partial charge in [0.15, 0.2) is 0 Å². The van der Waals surface area contributed by atoms with Crippen LogP contribution in [0, 0.1) is 5.41 Å². The van der Waals surface area contributed by atoms with Gasteiger partial charge < -0.3 is 5.11 Å². The summed E-state index contributed by atoms with van der Waals surface area (Å²) >= 11 is 1.70. The van der Waals surface area contributed by atoms with Gasteiger partial charge in [0, 0.05) is 18.5 Å². The average molecular weight is 296 g/mol. The molecule has 1 N–H and O–H groups in total. The molecule has 1 atom stereocenters. The maximum absolute atomic E-state index is 11.7. The number of hydrogen-bond donors (Lipinski definition) is 1. The van der Waals surface area contributed by atoms with Gasteiger partial charge in [0.1, 0.15) is 0 Å². The topological polar surface area (TPSA) is 53.4 Å². The minimum atomic E-state index is -0.628. The van der Waals surface area contributed by atoms with E-state index in [1.54, 1.807) is 11.3 Å². The van der Waals surface area contributed by atoms with Gasteiger partial charge in [0.05, 0.1) is 16.1 Å². The molecule has 0 aromatic carbocycles. The van der Waals surface area contributed by atoms with Crippen LogP contribution in [0.4, 0.5) is 0 Å². The van der Waals surface area contributed by atoms with Gasteiger partial charge in [0.2, 0.25) is 0 Å². The zero-order valence-corrected chi connectivity index (χ0v) is 13.2. The predicted molar refractivity (Wildman–Crippen MR) is 81.0 cm³/mol. The highest BCUT2D eigenvalue weighted by Gasteiger charge is 2.41. The summed E-state index contributed by atoms with van der Waals surface area (Å²) in [7, 11) is 0. The molecule has 4 nitrogen and oxygen atoms in total. The predicted octanol–water partition coefficient (Wildman–Crippen LogP) is 3.17. The monoisotopic (exact) mass is 296 g/mol. The van der Waals surface area contributed by atoms with Gasteiger partial charge in [-0.15, -0.1) is 11.3 Å². The Labute approximate surface area is 124 Å². The van der Waals surface area contributed by atoms with Crippen molar-refractivity contribution in [1.29, 1.82) is 0 Å². The van der Waals surface area contributed by atoms with E-state index in [0.717, 1.165) is 55.9 Å². The van der Waals surface area contributed by atoms with Crippen LogP contribution in [0.25, 0.3) is 0 Å². The van der Waals surface area contributed by atoms with Crippen LogP contribution in [-0.2, 0) is 17.8 Å². The van der Waals surface area contributed by atoms with Crippen LogP contribution in [0.15, 0.2) is 5.38 Å². The Morgan fingerprint density at radius 2 is 2.35 bits per heavy atom. The molecule has 2 heterocycles. The second-order valence-electron chi connectivity index (χ2n) is 5.74. The summed E-state index contributed by atoms with van der Waals surface area (Å²) in [5, 5.41) is 12.9. The van der Waals surface area contributed by atoms with Crippen molar-refractivity contribution in [3.8, 4) is 0 Å². The number of thiazole rings is 1. The Morgan fingerprint density at radius 3 is 2.95 bits per heavy atom. The van der Waals surface area contributed by atoms with Gasteiger partial charge in [-0.25, -0.2) is 4.98 Å². The Kier molecular flexibility index (Phi) is 5.16. The number of carboxylic acid groups (broad SMARTS) is 1. The standard InChI is InChI=1S/C15H24N2O2S/c1-3-6-15(14(18)19)7-5-8-17(11-15)9-12-10-20-13(4-2)16-12/h10H,3-9,11H2,1-2H3,(H,18,19)/t15-/m0/s1. The number of aromatic nitrogens is 1. The Bertz CT molecular complexity index is 456. The number of likely N-dealkylation sites (tertiary alicyclic amines) is 1. The van der Waals surface area contributed by atoms with Crippen molar-refractivity contribution in [2.24, 2.45) is 5.41 Å². The molecule has 0 saturated carbocycles. The molecule has 2 rings (SSSR count). The third-order valence-electron chi connectivity index (χ3n) is 4.13. The number of hydrogen-bond acceptors (Lipinski definition) is 4. The molecule has 1 aliphatic heterocycles. The lowest BCUT2D eigenvalue weighted by atomic mass is 9.76. The van der Waals surface area contributed by atoms with Crippen molar-refractivity contribution in [2.75, 3.05) is 13.1 Å². The first-order chi connectivity index (χ1) is 9.59. The summed E-state index contributed by atoms with van der Waals surface area (Å²) in [4.78, 5) is 18.5. The zero-order chi connectivity index (χ0) is 14.6. The van der Waals surface area contributed by atoms with E-state index in [0.29, 0.717) is 6.54 Å². The van der Waals surface area contributed by atoms with E-state index >= 15 is 0 Å². The Hall–Kier alpha value is -0.940. The van der Waals surface area contributed by atoms with Crippen molar-refractivity contribution >= 4 is 17.3 Å². The normalized spacial score (nSPS) is 23.9. The molecule has 5 heteroatoms. The number of carbonyl (C=O) groups is 1. The van der Waals surface area contributed by atoms with E-state index in [4.69, 9.17) is 0 Å². The van der Waals surface area contributed by atoms with E-state index in [2.05, 4.69) is 29.1 Å². The molecule has 0 unspecified atom stereocenters. The maximum atomic E-state index is 11.7. The van der Waals surface area contributed by atoms with Crippen LogP contribution in [0.1, 0.15) is 50.2 Å². The van der Waals surface area contributed by atoms with E-state index in [1.807, 2.05) is 0 Å². The number of aryl methyl sites for hydroxylation is 1. The van der Waals surface area contributed by atoms with Crippen LogP contribution in [-0.4, -0.2) is 34.0 Å². The molecule has 0 radical (unpaired) electrons. The molecule has 0 spiro atoms.